The molecule has 1 heterocycles. The Morgan fingerprint density at radius 1 is 0.810 bits per heavy atom. The first kappa shape index (κ1) is 18.5. The molecule has 1 aliphatic heterocycles. The van der Waals surface area contributed by atoms with Crippen molar-refractivity contribution in [2.24, 2.45) is 0 Å². The smallest absolute Gasteiger partial charge is 0.329 e. The highest BCUT2D eigenvalue weighted by atomic mass is 19.4. The fraction of sp³-hybridized carbons (Fsp3) is 1.00. The van der Waals surface area contributed by atoms with Crippen molar-refractivity contribution in [2.75, 3.05) is 0 Å². The van der Waals surface area contributed by atoms with E-state index >= 15 is 0 Å². The third kappa shape index (κ3) is 3.83. The zero-order chi connectivity index (χ0) is 16.3. The lowest BCUT2D eigenvalue weighted by molar-refractivity contribution is -0.446. The second-order valence-electron chi connectivity index (χ2n) is 5.18. The van der Waals surface area contributed by atoms with E-state index in [9.17, 15) is 26.3 Å². The Kier molecular flexibility index (Phi) is 5.94. The molecule has 2 atom stereocenters. The van der Waals surface area contributed by atoms with Crippen molar-refractivity contribution >= 4 is 0 Å². The second kappa shape index (κ2) is 6.73. The molecule has 0 bridgehead atoms. The molecular weight excluding hydrogens is 302 g/mol. The molecule has 21 heavy (non-hydrogen) atoms. The predicted octanol–water partition coefficient (Wildman–Crippen LogP) is 4.97. The second-order valence-corrected chi connectivity index (χ2v) is 5.18. The Morgan fingerprint density at radius 2 is 1.33 bits per heavy atom. The van der Waals surface area contributed by atoms with Crippen LogP contribution >= 0.6 is 0 Å². The summed E-state index contributed by atoms with van der Waals surface area (Å²) in [7, 11) is 0. The molecule has 0 aromatic carbocycles. The third-order valence-electron chi connectivity index (χ3n) is 3.54. The summed E-state index contributed by atoms with van der Waals surface area (Å²) in [5, 5.41) is 0. The van der Waals surface area contributed by atoms with Crippen LogP contribution in [0.5, 0.6) is 0 Å². The van der Waals surface area contributed by atoms with Crippen molar-refractivity contribution in [1.82, 2.24) is 0 Å². The Morgan fingerprint density at radius 3 is 1.76 bits per heavy atom. The molecule has 0 N–H and O–H groups in total. The minimum absolute atomic E-state index is 0.0341. The summed E-state index contributed by atoms with van der Waals surface area (Å²) >= 11 is 0. The quantitative estimate of drug-likeness (QED) is 0.508. The van der Waals surface area contributed by atoms with Crippen molar-refractivity contribution in [2.45, 2.75) is 82.7 Å². The molecule has 1 aliphatic rings. The van der Waals surface area contributed by atoms with Gasteiger partial charge in [-0.3, -0.25) is 0 Å². The van der Waals surface area contributed by atoms with Crippen LogP contribution in [0.2, 0.25) is 0 Å². The molecule has 1 saturated heterocycles. The molecule has 1 fully saturated rings. The van der Waals surface area contributed by atoms with Gasteiger partial charge in [-0.05, 0) is 12.8 Å². The number of alkyl halides is 6. The first-order valence-corrected chi connectivity index (χ1v) is 7.08. The van der Waals surface area contributed by atoms with Gasteiger partial charge < -0.3 is 9.47 Å². The summed E-state index contributed by atoms with van der Waals surface area (Å²) in [6.45, 7) is 3.44. The average molecular weight is 322 g/mol. The Balaban J connectivity index is 2.86. The van der Waals surface area contributed by atoms with Gasteiger partial charge in [-0.1, -0.05) is 39.5 Å². The molecule has 0 spiro atoms. The van der Waals surface area contributed by atoms with E-state index in [-0.39, 0.29) is 12.8 Å². The van der Waals surface area contributed by atoms with Crippen LogP contribution in [0.15, 0.2) is 0 Å². The molecule has 0 saturated carbocycles. The van der Waals surface area contributed by atoms with E-state index in [0.29, 0.717) is 6.42 Å². The molecule has 0 aliphatic carbocycles. The zero-order valence-corrected chi connectivity index (χ0v) is 12.0. The minimum Gasteiger partial charge on any atom is -0.329 e. The molecule has 1 rings (SSSR count). The van der Waals surface area contributed by atoms with E-state index < -0.39 is 30.3 Å². The molecule has 0 aromatic rings. The topological polar surface area (TPSA) is 18.5 Å². The van der Waals surface area contributed by atoms with Gasteiger partial charge in [0.25, 0.3) is 0 Å². The van der Waals surface area contributed by atoms with Gasteiger partial charge in [0.2, 0.25) is 0 Å². The molecular formula is C13H20F6O2. The van der Waals surface area contributed by atoms with Crippen LogP contribution in [0.4, 0.5) is 26.3 Å². The van der Waals surface area contributed by atoms with E-state index in [1.807, 2.05) is 6.92 Å². The van der Waals surface area contributed by atoms with E-state index in [0.717, 1.165) is 19.3 Å². The van der Waals surface area contributed by atoms with Crippen molar-refractivity contribution in [1.29, 1.82) is 0 Å². The highest BCUT2D eigenvalue weighted by Crippen LogP contribution is 2.52. The van der Waals surface area contributed by atoms with Gasteiger partial charge in [-0.25, -0.2) is 0 Å². The summed E-state index contributed by atoms with van der Waals surface area (Å²) in [5.74, 6) is -4.49. The lowest BCUT2D eigenvalue weighted by atomic mass is 10.0. The zero-order valence-electron chi connectivity index (χ0n) is 12.0. The van der Waals surface area contributed by atoms with Crippen LogP contribution in [-0.2, 0) is 9.47 Å². The summed E-state index contributed by atoms with van der Waals surface area (Å²) in [6.07, 6.45) is -10.5. The first-order valence-electron chi connectivity index (χ1n) is 7.08. The van der Waals surface area contributed by atoms with Crippen LogP contribution in [0.3, 0.4) is 0 Å². The third-order valence-corrected chi connectivity index (χ3v) is 3.54. The maximum atomic E-state index is 12.9. The fourth-order valence-corrected chi connectivity index (χ4v) is 2.40. The lowest BCUT2D eigenvalue weighted by Crippen LogP contribution is -2.58. The molecule has 0 amide bonds. The average Bonchev–Trinajstić information content (AvgIpc) is 2.74. The molecule has 0 aromatic heterocycles. The molecule has 126 valence electrons. The molecule has 0 radical (unpaired) electrons. The number of hydrogen-bond donors (Lipinski definition) is 0. The van der Waals surface area contributed by atoms with Gasteiger partial charge in [-0.15, -0.1) is 0 Å². The Bertz CT molecular complexity index is 312. The van der Waals surface area contributed by atoms with Crippen LogP contribution in [0.25, 0.3) is 0 Å². The summed E-state index contributed by atoms with van der Waals surface area (Å²) in [4.78, 5) is 0. The molecule has 8 heteroatoms. The monoisotopic (exact) mass is 322 g/mol. The maximum Gasteiger partial charge on any atom is 0.453 e. The van der Waals surface area contributed by atoms with Gasteiger partial charge in [0.15, 0.2) is 0 Å². The molecule has 0 unspecified atom stereocenters. The summed E-state index contributed by atoms with van der Waals surface area (Å²) in [6, 6.07) is 0. The standard InChI is InChI=1S/C13H20F6O2/c1-3-5-6-7-8-10-9(4-2)20-11(21-10,12(14,15)16)13(17,18)19/h9-10H,3-8H2,1-2H3/t9-,10+/m0/s1. The Hall–Kier alpha value is -0.500. The van der Waals surface area contributed by atoms with Gasteiger partial charge in [-0.2, -0.15) is 26.3 Å². The number of rotatable bonds is 6. The van der Waals surface area contributed by atoms with E-state index in [4.69, 9.17) is 0 Å². The SMILES string of the molecule is CCCCCC[C@H]1OC(C(F)(F)F)(C(F)(F)F)O[C@H]1CC. The van der Waals surface area contributed by atoms with Gasteiger partial charge in [0.05, 0.1) is 12.2 Å². The summed E-state index contributed by atoms with van der Waals surface area (Å²) < 4.78 is 85.9. The van der Waals surface area contributed by atoms with Gasteiger partial charge in [0.1, 0.15) is 0 Å². The van der Waals surface area contributed by atoms with Crippen molar-refractivity contribution in [3.05, 3.63) is 0 Å². The van der Waals surface area contributed by atoms with Crippen LogP contribution in [0, 0.1) is 0 Å². The van der Waals surface area contributed by atoms with Crippen molar-refractivity contribution in [3.63, 3.8) is 0 Å². The van der Waals surface area contributed by atoms with Crippen molar-refractivity contribution in [3.8, 4) is 0 Å². The Labute approximate surface area is 119 Å². The van der Waals surface area contributed by atoms with E-state index in [1.54, 1.807) is 0 Å². The van der Waals surface area contributed by atoms with Crippen LogP contribution < -0.4 is 0 Å². The highest BCUT2D eigenvalue weighted by Gasteiger charge is 2.78. The van der Waals surface area contributed by atoms with Crippen molar-refractivity contribution < 1.29 is 35.8 Å². The largest absolute Gasteiger partial charge is 0.453 e. The van der Waals surface area contributed by atoms with Crippen LogP contribution in [-0.4, -0.2) is 30.3 Å². The summed E-state index contributed by atoms with van der Waals surface area (Å²) in [5.41, 5.74) is 0. The normalized spacial score (nSPS) is 26.3. The lowest BCUT2D eigenvalue weighted by Gasteiger charge is -2.31. The fourth-order valence-electron chi connectivity index (χ4n) is 2.40. The van der Waals surface area contributed by atoms with Gasteiger partial charge >= 0.3 is 18.1 Å². The van der Waals surface area contributed by atoms with E-state index in [1.165, 1.54) is 6.92 Å². The number of halogens is 6. The van der Waals surface area contributed by atoms with Crippen LogP contribution in [0.1, 0.15) is 52.4 Å². The van der Waals surface area contributed by atoms with E-state index in [2.05, 4.69) is 9.47 Å². The number of unbranched alkanes of at least 4 members (excludes halogenated alkanes) is 3. The first-order chi connectivity index (χ1) is 9.59. The predicted molar refractivity (Wildman–Crippen MR) is 63.6 cm³/mol. The number of hydrogen-bond acceptors (Lipinski definition) is 2. The highest BCUT2D eigenvalue weighted by molar-refractivity contribution is 4.95. The number of ether oxygens (including phenoxy) is 2. The molecule has 2 nitrogen and oxygen atoms in total. The maximum absolute atomic E-state index is 12.9. The van der Waals surface area contributed by atoms with Gasteiger partial charge in [0, 0.05) is 0 Å². The minimum atomic E-state index is -5.66.